The monoisotopic (exact) mass is 384 g/mol. The van der Waals surface area contributed by atoms with Crippen LogP contribution in [0.4, 0.5) is 0 Å². The summed E-state index contributed by atoms with van der Waals surface area (Å²) < 4.78 is 11.4. The summed E-state index contributed by atoms with van der Waals surface area (Å²) in [5.41, 5.74) is 3.25. The van der Waals surface area contributed by atoms with E-state index in [1.165, 1.54) is 6.21 Å². The Morgan fingerprint density at radius 1 is 1.45 bits per heavy atom. The van der Waals surface area contributed by atoms with Gasteiger partial charge in [-0.1, -0.05) is 11.6 Å². The van der Waals surface area contributed by atoms with Gasteiger partial charge in [0.2, 0.25) is 0 Å². The van der Waals surface area contributed by atoms with E-state index in [2.05, 4.69) is 26.5 Å². The summed E-state index contributed by atoms with van der Waals surface area (Å²) in [5.74, 6) is 0.761. The van der Waals surface area contributed by atoms with Crippen molar-refractivity contribution in [3.8, 4) is 5.75 Å². The number of furan rings is 1. The Bertz CT molecular complexity index is 700. The van der Waals surface area contributed by atoms with Crippen LogP contribution in [0, 0.1) is 6.92 Å². The van der Waals surface area contributed by atoms with E-state index >= 15 is 0 Å². The molecule has 1 atom stereocenters. The maximum absolute atomic E-state index is 11.9. The molecule has 1 N–H and O–H groups in total. The van der Waals surface area contributed by atoms with Gasteiger partial charge in [-0.05, 0) is 65.7 Å². The predicted molar refractivity (Wildman–Crippen MR) is 88.4 cm³/mol. The molecule has 0 aliphatic rings. The molecule has 1 aromatic heterocycles. The number of benzene rings is 1. The third kappa shape index (κ3) is 4.61. The molecule has 0 bridgehead atoms. The lowest BCUT2D eigenvalue weighted by molar-refractivity contribution is -0.127. The molecular formula is C15H14BrClN2O3. The van der Waals surface area contributed by atoms with E-state index < -0.39 is 6.10 Å². The van der Waals surface area contributed by atoms with Gasteiger partial charge in [0, 0.05) is 5.02 Å². The van der Waals surface area contributed by atoms with Crippen molar-refractivity contribution in [2.75, 3.05) is 0 Å². The van der Waals surface area contributed by atoms with Crippen LogP contribution in [0.3, 0.4) is 0 Å². The van der Waals surface area contributed by atoms with Gasteiger partial charge in [-0.25, -0.2) is 5.43 Å². The third-order valence-electron chi connectivity index (χ3n) is 2.77. The topological polar surface area (TPSA) is 63.8 Å². The van der Waals surface area contributed by atoms with Crippen molar-refractivity contribution in [2.45, 2.75) is 20.0 Å². The van der Waals surface area contributed by atoms with Gasteiger partial charge in [-0.2, -0.15) is 5.10 Å². The summed E-state index contributed by atoms with van der Waals surface area (Å²) in [7, 11) is 0. The van der Waals surface area contributed by atoms with Crippen molar-refractivity contribution in [3.63, 3.8) is 0 Å². The highest BCUT2D eigenvalue weighted by Gasteiger charge is 2.15. The van der Waals surface area contributed by atoms with E-state index in [9.17, 15) is 4.79 Å². The number of hydrogen-bond acceptors (Lipinski definition) is 4. The Hall–Kier alpha value is -1.79. The molecule has 0 saturated carbocycles. The van der Waals surface area contributed by atoms with Crippen LogP contribution in [-0.2, 0) is 4.79 Å². The van der Waals surface area contributed by atoms with E-state index in [0.717, 1.165) is 5.56 Å². The van der Waals surface area contributed by atoms with Gasteiger partial charge in [0.1, 0.15) is 11.5 Å². The van der Waals surface area contributed by atoms with Gasteiger partial charge >= 0.3 is 0 Å². The maximum Gasteiger partial charge on any atom is 0.280 e. The Labute approximate surface area is 141 Å². The zero-order valence-electron chi connectivity index (χ0n) is 12.0. The normalized spacial score (nSPS) is 12.4. The fourth-order valence-electron chi connectivity index (χ4n) is 1.64. The summed E-state index contributed by atoms with van der Waals surface area (Å²) in [4.78, 5) is 11.9. The molecule has 0 aliphatic carbocycles. The number of nitrogens with zero attached hydrogens (tertiary/aromatic N) is 1. The van der Waals surface area contributed by atoms with Crippen molar-refractivity contribution in [2.24, 2.45) is 5.10 Å². The van der Waals surface area contributed by atoms with E-state index in [0.29, 0.717) is 21.2 Å². The molecule has 0 aliphatic heterocycles. The first-order valence-electron chi connectivity index (χ1n) is 6.47. The molecule has 1 heterocycles. The highest BCUT2D eigenvalue weighted by molar-refractivity contribution is 9.10. The van der Waals surface area contributed by atoms with E-state index in [1.54, 1.807) is 37.3 Å². The number of ether oxygens (including phenoxy) is 1. The van der Waals surface area contributed by atoms with Gasteiger partial charge in [-0.3, -0.25) is 4.79 Å². The van der Waals surface area contributed by atoms with Gasteiger partial charge in [0.25, 0.3) is 5.91 Å². The highest BCUT2D eigenvalue weighted by atomic mass is 79.9. The van der Waals surface area contributed by atoms with Gasteiger partial charge < -0.3 is 9.15 Å². The predicted octanol–water partition coefficient (Wildman–Crippen LogP) is 3.92. The molecule has 22 heavy (non-hydrogen) atoms. The third-order valence-corrected chi connectivity index (χ3v) is 3.43. The van der Waals surface area contributed by atoms with E-state index in [-0.39, 0.29) is 5.91 Å². The number of halogens is 2. The van der Waals surface area contributed by atoms with Crippen molar-refractivity contribution in [1.29, 1.82) is 0 Å². The van der Waals surface area contributed by atoms with Crippen LogP contribution >= 0.6 is 27.5 Å². The van der Waals surface area contributed by atoms with E-state index in [1.807, 2.05) is 6.92 Å². The van der Waals surface area contributed by atoms with Crippen LogP contribution in [0.15, 0.2) is 44.5 Å². The summed E-state index contributed by atoms with van der Waals surface area (Å²) in [6.45, 7) is 3.50. The first-order chi connectivity index (χ1) is 10.5. The van der Waals surface area contributed by atoms with Crippen LogP contribution in [0.5, 0.6) is 5.75 Å². The SMILES string of the molecule is Cc1cc(Cl)ccc1O[C@@H](C)C(=O)NN=Cc1ccc(Br)o1. The van der Waals surface area contributed by atoms with Crippen LogP contribution in [0.1, 0.15) is 18.2 Å². The molecule has 1 amide bonds. The molecule has 0 fully saturated rings. The minimum atomic E-state index is -0.694. The number of hydrazone groups is 1. The molecule has 0 saturated heterocycles. The molecule has 1 aromatic carbocycles. The number of amides is 1. The molecule has 0 radical (unpaired) electrons. The lowest BCUT2D eigenvalue weighted by Gasteiger charge is -2.14. The Kier molecular flexibility index (Phi) is 5.63. The average Bonchev–Trinajstić information content (AvgIpc) is 2.87. The first-order valence-corrected chi connectivity index (χ1v) is 7.64. The lowest BCUT2D eigenvalue weighted by Crippen LogP contribution is -2.33. The number of carbonyl (C=O) groups excluding carboxylic acids is 1. The number of rotatable bonds is 5. The second-order valence-electron chi connectivity index (χ2n) is 4.55. The second-order valence-corrected chi connectivity index (χ2v) is 5.76. The first kappa shape index (κ1) is 16.6. The van der Waals surface area contributed by atoms with Crippen LogP contribution in [-0.4, -0.2) is 18.2 Å². The zero-order valence-corrected chi connectivity index (χ0v) is 14.3. The molecule has 7 heteroatoms. The smallest absolute Gasteiger partial charge is 0.280 e. The molecule has 2 rings (SSSR count). The van der Waals surface area contributed by atoms with Crippen LogP contribution in [0.25, 0.3) is 0 Å². The molecule has 5 nitrogen and oxygen atoms in total. The van der Waals surface area contributed by atoms with Crippen molar-refractivity contribution >= 4 is 39.7 Å². The van der Waals surface area contributed by atoms with Crippen molar-refractivity contribution in [1.82, 2.24) is 5.43 Å². The average molecular weight is 386 g/mol. The maximum atomic E-state index is 11.9. The molecule has 2 aromatic rings. The van der Waals surface area contributed by atoms with Gasteiger partial charge in [0.15, 0.2) is 10.8 Å². The number of nitrogens with one attached hydrogen (secondary N) is 1. The zero-order chi connectivity index (χ0) is 16.1. The Morgan fingerprint density at radius 3 is 2.86 bits per heavy atom. The largest absolute Gasteiger partial charge is 0.481 e. The molecule has 116 valence electrons. The number of hydrogen-bond donors (Lipinski definition) is 1. The number of carbonyl (C=O) groups is 1. The summed E-state index contributed by atoms with van der Waals surface area (Å²) in [6.07, 6.45) is 0.712. The fourth-order valence-corrected chi connectivity index (χ4v) is 2.18. The molecule has 0 unspecified atom stereocenters. The molecule has 0 spiro atoms. The van der Waals surface area contributed by atoms with E-state index in [4.69, 9.17) is 20.8 Å². The van der Waals surface area contributed by atoms with Crippen LogP contribution < -0.4 is 10.2 Å². The quantitative estimate of drug-likeness (QED) is 0.627. The summed E-state index contributed by atoms with van der Waals surface area (Å²) in [5, 5.41) is 4.44. The van der Waals surface area contributed by atoms with Crippen LogP contribution in [0.2, 0.25) is 5.02 Å². The van der Waals surface area contributed by atoms with Gasteiger partial charge in [-0.15, -0.1) is 0 Å². The minimum absolute atomic E-state index is 0.365. The Balaban J connectivity index is 1.90. The highest BCUT2D eigenvalue weighted by Crippen LogP contribution is 2.22. The standard InChI is InChI=1S/C15H14BrClN2O3/c1-9-7-11(17)3-5-13(9)21-10(2)15(20)19-18-8-12-4-6-14(16)22-12/h3-8,10H,1-2H3,(H,19,20)/t10-/m0/s1. The second kappa shape index (κ2) is 7.47. The van der Waals surface area contributed by atoms with Crippen molar-refractivity contribution in [3.05, 3.63) is 51.3 Å². The minimum Gasteiger partial charge on any atom is -0.481 e. The fraction of sp³-hybridized carbons (Fsp3) is 0.200. The number of aryl methyl sites for hydroxylation is 1. The summed E-state index contributed by atoms with van der Waals surface area (Å²) in [6, 6.07) is 8.66. The summed E-state index contributed by atoms with van der Waals surface area (Å²) >= 11 is 9.06. The molecular weight excluding hydrogens is 372 g/mol. The lowest BCUT2D eigenvalue weighted by atomic mass is 10.2. The van der Waals surface area contributed by atoms with Crippen molar-refractivity contribution < 1.29 is 13.9 Å². The van der Waals surface area contributed by atoms with Gasteiger partial charge in [0.05, 0.1) is 6.21 Å². The Morgan fingerprint density at radius 2 is 2.23 bits per heavy atom.